The second-order valence-electron chi connectivity index (χ2n) is 4.18. The van der Waals surface area contributed by atoms with Crippen molar-refractivity contribution < 1.29 is 9.84 Å². The van der Waals surface area contributed by atoms with Crippen LogP contribution in [0.25, 0.3) is 0 Å². The van der Waals surface area contributed by atoms with E-state index in [1.165, 1.54) is 11.1 Å². The standard InChI is InChI=1S/C13H18O2/c1-2-3-4-13(14)10-5-6-11-8-15-9-12(11)7-10/h5-7,13-14H,2-4,8-9H2,1H3. The smallest absolute Gasteiger partial charge is 0.0790 e. The van der Waals surface area contributed by atoms with Gasteiger partial charge in [0.15, 0.2) is 0 Å². The molecule has 0 fully saturated rings. The molecule has 15 heavy (non-hydrogen) atoms. The Hall–Kier alpha value is -0.860. The van der Waals surface area contributed by atoms with E-state index in [9.17, 15) is 5.11 Å². The minimum absolute atomic E-state index is 0.309. The zero-order chi connectivity index (χ0) is 10.7. The van der Waals surface area contributed by atoms with Gasteiger partial charge in [-0.2, -0.15) is 0 Å². The highest BCUT2D eigenvalue weighted by atomic mass is 16.5. The molecule has 0 bridgehead atoms. The van der Waals surface area contributed by atoms with Gasteiger partial charge in [-0.3, -0.25) is 0 Å². The average molecular weight is 206 g/mol. The Kier molecular flexibility index (Phi) is 3.39. The first-order valence-electron chi connectivity index (χ1n) is 5.68. The molecule has 1 aromatic rings. The van der Waals surface area contributed by atoms with Gasteiger partial charge in [-0.25, -0.2) is 0 Å². The Bertz CT molecular complexity index is 333. The fraction of sp³-hybridized carbons (Fsp3) is 0.538. The van der Waals surface area contributed by atoms with Crippen LogP contribution >= 0.6 is 0 Å². The maximum absolute atomic E-state index is 9.94. The highest BCUT2D eigenvalue weighted by molar-refractivity contribution is 5.34. The SMILES string of the molecule is CCCCC(O)c1ccc2c(c1)COC2. The molecule has 0 aromatic heterocycles. The van der Waals surface area contributed by atoms with E-state index in [1.807, 2.05) is 6.07 Å². The fourth-order valence-electron chi connectivity index (χ4n) is 1.96. The third-order valence-electron chi connectivity index (χ3n) is 2.96. The van der Waals surface area contributed by atoms with Crippen LogP contribution in [0.4, 0.5) is 0 Å². The second-order valence-corrected chi connectivity index (χ2v) is 4.18. The molecule has 2 heteroatoms. The van der Waals surface area contributed by atoms with Gasteiger partial charge in [-0.05, 0) is 23.1 Å². The van der Waals surface area contributed by atoms with Crippen LogP contribution < -0.4 is 0 Å². The number of fused-ring (bicyclic) bond motifs is 1. The Labute approximate surface area is 90.9 Å². The van der Waals surface area contributed by atoms with Crippen molar-refractivity contribution in [3.8, 4) is 0 Å². The van der Waals surface area contributed by atoms with Crippen molar-refractivity contribution in [1.29, 1.82) is 0 Å². The molecule has 82 valence electrons. The van der Waals surface area contributed by atoms with Crippen molar-refractivity contribution in [2.75, 3.05) is 0 Å². The van der Waals surface area contributed by atoms with E-state index >= 15 is 0 Å². The van der Waals surface area contributed by atoms with Gasteiger partial charge in [-0.15, -0.1) is 0 Å². The fourth-order valence-corrected chi connectivity index (χ4v) is 1.96. The lowest BCUT2D eigenvalue weighted by atomic mass is 10.00. The van der Waals surface area contributed by atoms with Crippen molar-refractivity contribution in [3.63, 3.8) is 0 Å². The number of ether oxygens (including phenoxy) is 1. The number of aliphatic hydroxyl groups is 1. The summed E-state index contributed by atoms with van der Waals surface area (Å²) in [6.45, 7) is 3.56. The van der Waals surface area contributed by atoms with E-state index < -0.39 is 0 Å². The molecule has 0 amide bonds. The van der Waals surface area contributed by atoms with Crippen LogP contribution in [0.2, 0.25) is 0 Å². The first-order chi connectivity index (χ1) is 7.31. The quantitative estimate of drug-likeness (QED) is 0.820. The summed E-state index contributed by atoms with van der Waals surface area (Å²) in [5.74, 6) is 0. The Morgan fingerprint density at radius 3 is 2.93 bits per heavy atom. The van der Waals surface area contributed by atoms with Crippen molar-refractivity contribution in [3.05, 3.63) is 34.9 Å². The van der Waals surface area contributed by atoms with Crippen LogP contribution in [-0.2, 0) is 18.0 Å². The lowest BCUT2D eigenvalue weighted by molar-refractivity contribution is 0.134. The summed E-state index contributed by atoms with van der Waals surface area (Å²) in [7, 11) is 0. The van der Waals surface area contributed by atoms with Crippen molar-refractivity contribution in [1.82, 2.24) is 0 Å². The Morgan fingerprint density at radius 2 is 2.13 bits per heavy atom. The predicted molar refractivity (Wildman–Crippen MR) is 59.4 cm³/mol. The lowest BCUT2D eigenvalue weighted by Gasteiger charge is -2.11. The summed E-state index contributed by atoms with van der Waals surface area (Å²) in [6.07, 6.45) is 2.76. The summed E-state index contributed by atoms with van der Waals surface area (Å²) in [5.41, 5.74) is 3.54. The van der Waals surface area contributed by atoms with Gasteiger partial charge < -0.3 is 9.84 Å². The number of aliphatic hydroxyl groups excluding tert-OH is 1. The van der Waals surface area contributed by atoms with Gasteiger partial charge in [0.1, 0.15) is 0 Å². The zero-order valence-electron chi connectivity index (χ0n) is 9.20. The highest BCUT2D eigenvalue weighted by Gasteiger charge is 2.14. The molecule has 1 N–H and O–H groups in total. The molecule has 1 heterocycles. The molecular formula is C13H18O2. The van der Waals surface area contributed by atoms with Crippen LogP contribution in [0.3, 0.4) is 0 Å². The maximum atomic E-state index is 9.94. The molecule has 1 atom stereocenters. The van der Waals surface area contributed by atoms with Gasteiger partial charge >= 0.3 is 0 Å². The Balaban J connectivity index is 2.08. The molecule has 1 aromatic carbocycles. The summed E-state index contributed by atoms with van der Waals surface area (Å²) in [4.78, 5) is 0. The van der Waals surface area contributed by atoms with Gasteiger partial charge in [0.25, 0.3) is 0 Å². The molecule has 0 saturated heterocycles. The molecule has 0 spiro atoms. The third-order valence-corrected chi connectivity index (χ3v) is 2.96. The van der Waals surface area contributed by atoms with E-state index in [4.69, 9.17) is 4.74 Å². The molecule has 0 aliphatic carbocycles. The lowest BCUT2D eigenvalue weighted by Crippen LogP contribution is -1.98. The third kappa shape index (κ3) is 2.39. The number of rotatable bonds is 4. The van der Waals surface area contributed by atoms with E-state index in [0.29, 0.717) is 6.61 Å². The molecule has 0 radical (unpaired) electrons. The van der Waals surface area contributed by atoms with Crippen LogP contribution in [0.1, 0.15) is 49.0 Å². The van der Waals surface area contributed by atoms with E-state index in [1.54, 1.807) is 0 Å². The molecule has 1 unspecified atom stereocenters. The summed E-state index contributed by atoms with van der Waals surface area (Å²) in [5, 5.41) is 9.94. The summed E-state index contributed by atoms with van der Waals surface area (Å²) < 4.78 is 5.35. The zero-order valence-corrected chi connectivity index (χ0v) is 9.20. The van der Waals surface area contributed by atoms with Crippen molar-refractivity contribution >= 4 is 0 Å². The van der Waals surface area contributed by atoms with Crippen LogP contribution in [-0.4, -0.2) is 5.11 Å². The number of hydrogen-bond donors (Lipinski definition) is 1. The topological polar surface area (TPSA) is 29.5 Å². The number of unbranched alkanes of at least 4 members (excludes halogenated alkanes) is 1. The van der Waals surface area contributed by atoms with Gasteiger partial charge in [0.05, 0.1) is 19.3 Å². The van der Waals surface area contributed by atoms with Crippen LogP contribution in [0, 0.1) is 0 Å². The monoisotopic (exact) mass is 206 g/mol. The van der Waals surface area contributed by atoms with Crippen LogP contribution in [0.15, 0.2) is 18.2 Å². The summed E-state index contributed by atoms with van der Waals surface area (Å²) >= 11 is 0. The Morgan fingerprint density at radius 1 is 1.33 bits per heavy atom. The largest absolute Gasteiger partial charge is 0.388 e. The van der Waals surface area contributed by atoms with Gasteiger partial charge in [-0.1, -0.05) is 38.0 Å². The maximum Gasteiger partial charge on any atom is 0.0790 e. The molecule has 0 saturated carbocycles. The van der Waals surface area contributed by atoms with Gasteiger partial charge in [0, 0.05) is 0 Å². The van der Waals surface area contributed by atoms with Gasteiger partial charge in [0.2, 0.25) is 0 Å². The minimum Gasteiger partial charge on any atom is -0.388 e. The highest BCUT2D eigenvalue weighted by Crippen LogP contribution is 2.26. The molecule has 1 aliphatic rings. The molecular weight excluding hydrogens is 188 g/mol. The molecule has 1 aliphatic heterocycles. The number of benzene rings is 1. The van der Waals surface area contributed by atoms with Crippen molar-refractivity contribution in [2.45, 2.75) is 45.5 Å². The molecule has 2 rings (SSSR count). The first kappa shape index (κ1) is 10.7. The first-order valence-corrected chi connectivity index (χ1v) is 5.68. The van der Waals surface area contributed by atoms with E-state index in [2.05, 4.69) is 19.1 Å². The second kappa shape index (κ2) is 4.77. The predicted octanol–water partition coefficient (Wildman–Crippen LogP) is 2.94. The average Bonchev–Trinajstić information content (AvgIpc) is 2.72. The minimum atomic E-state index is -0.309. The van der Waals surface area contributed by atoms with E-state index in [0.717, 1.165) is 31.4 Å². The van der Waals surface area contributed by atoms with Crippen LogP contribution in [0.5, 0.6) is 0 Å². The number of hydrogen-bond acceptors (Lipinski definition) is 2. The summed E-state index contributed by atoms with van der Waals surface area (Å²) in [6, 6.07) is 6.18. The van der Waals surface area contributed by atoms with E-state index in [-0.39, 0.29) is 6.10 Å². The normalized spacial score (nSPS) is 16.4. The molecule has 2 nitrogen and oxygen atoms in total. The van der Waals surface area contributed by atoms with Crippen molar-refractivity contribution in [2.24, 2.45) is 0 Å².